The van der Waals surface area contributed by atoms with Crippen molar-refractivity contribution in [3.05, 3.63) is 77.4 Å². The molecule has 5 nitrogen and oxygen atoms in total. The molecule has 2 aromatic carbocycles. The summed E-state index contributed by atoms with van der Waals surface area (Å²) in [6.45, 7) is 5.07. The lowest BCUT2D eigenvalue weighted by molar-refractivity contribution is 0.259. The van der Waals surface area contributed by atoms with E-state index < -0.39 is 0 Å². The highest BCUT2D eigenvalue weighted by Crippen LogP contribution is 2.17. The van der Waals surface area contributed by atoms with Crippen LogP contribution in [0.2, 0.25) is 0 Å². The van der Waals surface area contributed by atoms with E-state index in [0.717, 1.165) is 56.5 Å². The Labute approximate surface area is 165 Å². The smallest absolute Gasteiger partial charge is 0.227 e. The molecule has 0 bridgehead atoms. The maximum atomic E-state index is 13.1. The molecule has 1 saturated heterocycles. The molecule has 4 rings (SSSR count). The second kappa shape index (κ2) is 8.52. The Kier molecular flexibility index (Phi) is 5.67. The average molecular weight is 379 g/mol. The van der Waals surface area contributed by atoms with E-state index >= 15 is 0 Å². The standard InChI is InChI=1S/C22H26FN5/c1-26-21(17-19-7-9-20(23)10-8-19)24-25-22(26)28-15-13-27(14-16-28)12-11-18-5-3-2-4-6-18/h2-10H,11-17H2,1H3. The Morgan fingerprint density at radius 3 is 2.29 bits per heavy atom. The van der Waals surface area contributed by atoms with Crippen molar-refractivity contribution in [2.45, 2.75) is 12.8 Å². The van der Waals surface area contributed by atoms with Crippen molar-refractivity contribution in [1.29, 1.82) is 0 Å². The minimum atomic E-state index is -0.215. The number of rotatable bonds is 6. The number of piperazine rings is 1. The second-order valence-corrected chi connectivity index (χ2v) is 7.34. The van der Waals surface area contributed by atoms with Crippen molar-refractivity contribution >= 4 is 5.95 Å². The van der Waals surface area contributed by atoms with Gasteiger partial charge in [-0.1, -0.05) is 42.5 Å². The molecule has 1 aliphatic heterocycles. The number of nitrogens with zero attached hydrogens (tertiary/aromatic N) is 5. The highest BCUT2D eigenvalue weighted by molar-refractivity contribution is 5.33. The summed E-state index contributed by atoms with van der Waals surface area (Å²) in [7, 11) is 2.01. The fourth-order valence-corrected chi connectivity index (χ4v) is 3.67. The Hall–Kier alpha value is -2.73. The van der Waals surface area contributed by atoms with Crippen LogP contribution in [0.3, 0.4) is 0 Å². The molecule has 0 aliphatic carbocycles. The molecular formula is C22H26FN5. The zero-order valence-electron chi connectivity index (χ0n) is 16.3. The number of benzene rings is 2. The van der Waals surface area contributed by atoms with Gasteiger partial charge in [-0.2, -0.15) is 0 Å². The maximum absolute atomic E-state index is 13.1. The monoisotopic (exact) mass is 379 g/mol. The quantitative estimate of drug-likeness (QED) is 0.660. The van der Waals surface area contributed by atoms with Gasteiger partial charge in [-0.25, -0.2) is 4.39 Å². The highest BCUT2D eigenvalue weighted by atomic mass is 19.1. The summed E-state index contributed by atoms with van der Waals surface area (Å²) in [5.74, 6) is 1.60. The zero-order chi connectivity index (χ0) is 19.3. The first-order valence-electron chi connectivity index (χ1n) is 9.83. The van der Waals surface area contributed by atoms with Gasteiger partial charge in [-0.3, -0.25) is 4.90 Å². The molecule has 1 aliphatic rings. The molecule has 0 radical (unpaired) electrons. The molecule has 2 heterocycles. The number of hydrogen-bond donors (Lipinski definition) is 0. The number of hydrogen-bond acceptors (Lipinski definition) is 4. The maximum Gasteiger partial charge on any atom is 0.227 e. The van der Waals surface area contributed by atoms with Crippen LogP contribution in [0.5, 0.6) is 0 Å². The van der Waals surface area contributed by atoms with Crippen LogP contribution >= 0.6 is 0 Å². The molecule has 1 fully saturated rings. The van der Waals surface area contributed by atoms with Gasteiger partial charge in [0.15, 0.2) is 0 Å². The SMILES string of the molecule is Cn1c(Cc2ccc(F)cc2)nnc1N1CCN(CCc2ccccc2)CC1. The van der Waals surface area contributed by atoms with Crippen LogP contribution in [0.1, 0.15) is 17.0 Å². The van der Waals surface area contributed by atoms with Gasteiger partial charge in [0.1, 0.15) is 11.6 Å². The molecule has 0 spiro atoms. The van der Waals surface area contributed by atoms with Gasteiger partial charge < -0.3 is 9.47 Å². The highest BCUT2D eigenvalue weighted by Gasteiger charge is 2.21. The predicted molar refractivity (Wildman–Crippen MR) is 109 cm³/mol. The van der Waals surface area contributed by atoms with Gasteiger partial charge in [-0.15, -0.1) is 10.2 Å². The van der Waals surface area contributed by atoms with E-state index in [0.29, 0.717) is 6.42 Å². The third kappa shape index (κ3) is 4.39. The lowest BCUT2D eigenvalue weighted by Crippen LogP contribution is -2.47. The van der Waals surface area contributed by atoms with Crippen LogP contribution in [-0.2, 0) is 19.9 Å². The van der Waals surface area contributed by atoms with Crippen LogP contribution in [-0.4, -0.2) is 52.4 Å². The van der Waals surface area contributed by atoms with E-state index in [9.17, 15) is 4.39 Å². The van der Waals surface area contributed by atoms with Crippen LogP contribution < -0.4 is 4.90 Å². The first kappa shape index (κ1) is 18.6. The first-order chi connectivity index (χ1) is 13.7. The summed E-state index contributed by atoms with van der Waals surface area (Å²) in [5.41, 5.74) is 2.43. The number of halogens is 1. The van der Waals surface area contributed by atoms with Crippen LogP contribution in [0, 0.1) is 5.82 Å². The number of anilines is 1. The molecule has 28 heavy (non-hydrogen) atoms. The zero-order valence-corrected chi connectivity index (χ0v) is 16.3. The minimum Gasteiger partial charge on any atom is -0.338 e. The van der Waals surface area contributed by atoms with Gasteiger partial charge in [0.05, 0.1) is 0 Å². The lowest BCUT2D eigenvalue weighted by atomic mass is 10.1. The second-order valence-electron chi connectivity index (χ2n) is 7.34. The Balaban J connectivity index is 1.32. The van der Waals surface area contributed by atoms with Gasteiger partial charge in [0.2, 0.25) is 5.95 Å². The molecule has 3 aromatic rings. The number of aromatic nitrogens is 3. The summed E-state index contributed by atoms with van der Waals surface area (Å²) in [6.07, 6.45) is 1.74. The summed E-state index contributed by atoms with van der Waals surface area (Å²) in [4.78, 5) is 4.82. The normalized spacial score (nSPS) is 15.1. The van der Waals surface area contributed by atoms with Crippen molar-refractivity contribution in [3.63, 3.8) is 0 Å². The van der Waals surface area contributed by atoms with E-state index in [1.807, 2.05) is 7.05 Å². The van der Waals surface area contributed by atoms with Crippen molar-refractivity contribution in [3.8, 4) is 0 Å². The topological polar surface area (TPSA) is 37.2 Å². The van der Waals surface area contributed by atoms with Crippen LogP contribution in [0.15, 0.2) is 54.6 Å². The van der Waals surface area contributed by atoms with Gasteiger partial charge in [0.25, 0.3) is 0 Å². The van der Waals surface area contributed by atoms with Crippen molar-refractivity contribution in [1.82, 2.24) is 19.7 Å². The summed E-state index contributed by atoms with van der Waals surface area (Å²) in [5, 5.41) is 8.79. The van der Waals surface area contributed by atoms with E-state index in [-0.39, 0.29) is 5.82 Å². The van der Waals surface area contributed by atoms with Crippen molar-refractivity contribution in [2.24, 2.45) is 7.05 Å². The molecule has 0 amide bonds. The Morgan fingerprint density at radius 2 is 1.57 bits per heavy atom. The molecule has 1 aromatic heterocycles. The molecule has 0 unspecified atom stereocenters. The summed E-state index contributed by atoms with van der Waals surface area (Å²) >= 11 is 0. The lowest BCUT2D eigenvalue weighted by Gasteiger charge is -2.35. The molecule has 0 N–H and O–H groups in total. The minimum absolute atomic E-state index is 0.215. The van der Waals surface area contributed by atoms with E-state index in [1.54, 1.807) is 12.1 Å². The Morgan fingerprint density at radius 1 is 0.857 bits per heavy atom. The van der Waals surface area contributed by atoms with Crippen molar-refractivity contribution in [2.75, 3.05) is 37.6 Å². The van der Waals surface area contributed by atoms with Gasteiger partial charge in [0, 0.05) is 46.2 Å². The molecule has 6 heteroatoms. The first-order valence-corrected chi connectivity index (χ1v) is 9.83. The molecule has 0 atom stereocenters. The third-order valence-electron chi connectivity index (χ3n) is 5.43. The third-order valence-corrected chi connectivity index (χ3v) is 5.43. The van der Waals surface area contributed by atoms with Crippen molar-refractivity contribution < 1.29 is 4.39 Å². The van der Waals surface area contributed by atoms with Crippen LogP contribution in [0.4, 0.5) is 10.3 Å². The van der Waals surface area contributed by atoms with E-state index in [4.69, 9.17) is 0 Å². The average Bonchev–Trinajstić information content (AvgIpc) is 3.09. The largest absolute Gasteiger partial charge is 0.338 e. The molecular weight excluding hydrogens is 353 g/mol. The van der Waals surface area contributed by atoms with Gasteiger partial charge in [-0.05, 0) is 29.7 Å². The summed E-state index contributed by atoms with van der Waals surface area (Å²) < 4.78 is 15.1. The van der Waals surface area contributed by atoms with Gasteiger partial charge >= 0.3 is 0 Å². The fraction of sp³-hybridized carbons (Fsp3) is 0.364. The summed E-state index contributed by atoms with van der Waals surface area (Å²) in [6, 6.07) is 17.2. The predicted octanol–water partition coefficient (Wildman–Crippen LogP) is 2.91. The molecule has 0 saturated carbocycles. The van der Waals surface area contributed by atoms with E-state index in [1.165, 1.54) is 17.7 Å². The van der Waals surface area contributed by atoms with E-state index in [2.05, 4.69) is 54.9 Å². The molecule has 146 valence electrons. The fourth-order valence-electron chi connectivity index (χ4n) is 3.67. The van der Waals surface area contributed by atoms with Crippen LogP contribution in [0.25, 0.3) is 0 Å². The Bertz CT molecular complexity index is 883.